The van der Waals surface area contributed by atoms with Gasteiger partial charge in [0.1, 0.15) is 0 Å². The number of hydrogen-bond donors (Lipinski definition) is 1. The van der Waals surface area contributed by atoms with Crippen LogP contribution >= 0.6 is 11.3 Å². The van der Waals surface area contributed by atoms with E-state index in [1.807, 2.05) is 11.3 Å². The van der Waals surface area contributed by atoms with Crippen LogP contribution in [-0.2, 0) is 19.4 Å². The van der Waals surface area contributed by atoms with E-state index in [0.29, 0.717) is 0 Å². The van der Waals surface area contributed by atoms with Gasteiger partial charge in [0.2, 0.25) is 0 Å². The molecule has 60 valence electrons. The highest BCUT2D eigenvalue weighted by Crippen LogP contribution is 2.25. The molecule has 0 radical (unpaired) electrons. The third-order valence-electron chi connectivity index (χ3n) is 2.15. The average Bonchev–Trinajstić information content (AvgIpc) is 2.46. The van der Waals surface area contributed by atoms with Crippen molar-refractivity contribution in [1.29, 1.82) is 0 Å². The molecule has 2 heteroatoms. The molecule has 0 aromatic carbocycles. The predicted octanol–water partition coefficient (Wildman–Crippen LogP) is 1.96. The molecule has 1 N–H and O–H groups in total. The van der Waals surface area contributed by atoms with Crippen LogP contribution in [0.3, 0.4) is 0 Å². The lowest BCUT2D eigenvalue weighted by Gasteiger charge is -2.10. The van der Waals surface area contributed by atoms with E-state index in [1.54, 1.807) is 15.3 Å². The van der Waals surface area contributed by atoms with Gasteiger partial charge in [-0.3, -0.25) is 0 Å². The molecule has 1 nitrogen and oxygen atoms in total. The third kappa shape index (κ3) is 1.33. The van der Waals surface area contributed by atoms with E-state index < -0.39 is 0 Å². The summed E-state index contributed by atoms with van der Waals surface area (Å²) in [5.41, 5.74) is 1.59. The molecule has 11 heavy (non-hydrogen) atoms. The first-order valence-corrected chi connectivity index (χ1v) is 5.03. The lowest BCUT2D eigenvalue weighted by Crippen LogP contribution is -2.21. The zero-order chi connectivity index (χ0) is 7.68. The molecule has 0 saturated heterocycles. The van der Waals surface area contributed by atoms with Crippen LogP contribution in [0.25, 0.3) is 0 Å². The van der Waals surface area contributed by atoms with Crippen molar-refractivity contribution in [3.05, 3.63) is 21.4 Å². The lowest BCUT2D eigenvalue weighted by molar-refractivity contribution is 0.654. The molecule has 0 saturated carbocycles. The number of nitrogens with one attached hydrogen (secondary N) is 1. The monoisotopic (exact) mass is 167 g/mol. The Labute approximate surface area is 71.4 Å². The molecule has 1 aliphatic rings. The summed E-state index contributed by atoms with van der Waals surface area (Å²) in [5, 5.41) is 3.39. The fourth-order valence-corrected chi connectivity index (χ4v) is 2.62. The zero-order valence-electron chi connectivity index (χ0n) is 6.81. The van der Waals surface area contributed by atoms with Gasteiger partial charge < -0.3 is 5.32 Å². The molecule has 0 bridgehead atoms. The summed E-state index contributed by atoms with van der Waals surface area (Å²) in [4.78, 5) is 3.10. The van der Waals surface area contributed by atoms with E-state index >= 15 is 0 Å². The van der Waals surface area contributed by atoms with E-state index in [9.17, 15) is 0 Å². The normalized spacial score (nSPS) is 16.5. The summed E-state index contributed by atoms with van der Waals surface area (Å²) in [6.45, 7) is 4.48. The van der Waals surface area contributed by atoms with Crippen molar-refractivity contribution in [3.8, 4) is 0 Å². The van der Waals surface area contributed by atoms with Crippen LogP contribution in [0.5, 0.6) is 0 Å². The quantitative estimate of drug-likeness (QED) is 0.674. The molecule has 0 unspecified atom stereocenters. The predicted molar refractivity (Wildman–Crippen MR) is 49.1 cm³/mol. The van der Waals surface area contributed by atoms with E-state index in [-0.39, 0.29) is 0 Å². The van der Waals surface area contributed by atoms with Crippen LogP contribution in [0, 0.1) is 0 Å². The second-order valence-electron chi connectivity index (χ2n) is 2.94. The maximum atomic E-state index is 3.39. The molecule has 1 aromatic heterocycles. The van der Waals surface area contributed by atoms with Crippen molar-refractivity contribution >= 4 is 11.3 Å². The molecular formula is C9H13NS. The van der Waals surface area contributed by atoms with Crippen LogP contribution < -0.4 is 5.32 Å². The molecule has 0 aliphatic carbocycles. The summed E-state index contributed by atoms with van der Waals surface area (Å²) in [6, 6.07) is 2.38. The molecule has 0 amide bonds. The minimum Gasteiger partial charge on any atom is -0.312 e. The highest BCUT2D eigenvalue weighted by Gasteiger charge is 2.11. The van der Waals surface area contributed by atoms with Crippen molar-refractivity contribution in [2.24, 2.45) is 0 Å². The summed E-state index contributed by atoms with van der Waals surface area (Å²) in [7, 11) is 0. The average molecular weight is 167 g/mol. The van der Waals surface area contributed by atoms with Crippen LogP contribution in [-0.4, -0.2) is 6.54 Å². The summed E-state index contributed by atoms with van der Waals surface area (Å²) < 4.78 is 0. The van der Waals surface area contributed by atoms with E-state index in [1.165, 1.54) is 12.8 Å². The molecule has 1 aromatic rings. The van der Waals surface area contributed by atoms with Crippen LogP contribution in [0.1, 0.15) is 22.2 Å². The number of rotatable bonds is 1. The van der Waals surface area contributed by atoms with Crippen molar-refractivity contribution in [2.75, 3.05) is 6.54 Å². The smallest absolute Gasteiger partial charge is 0.0302 e. The highest BCUT2D eigenvalue weighted by atomic mass is 32.1. The van der Waals surface area contributed by atoms with Gasteiger partial charge in [0.15, 0.2) is 0 Å². The Morgan fingerprint density at radius 1 is 1.64 bits per heavy atom. The second-order valence-corrected chi connectivity index (χ2v) is 4.16. The fourth-order valence-electron chi connectivity index (χ4n) is 1.49. The largest absolute Gasteiger partial charge is 0.312 e. The van der Waals surface area contributed by atoms with Crippen molar-refractivity contribution in [1.82, 2.24) is 5.32 Å². The first-order valence-electron chi connectivity index (χ1n) is 4.21. The van der Waals surface area contributed by atoms with Gasteiger partial charge in [-0.25, -0.2) is 0 Å². The Bertz CT molecular complexity index is 229. The van der Waals surface area contributed by atoms with Gasteiger partial charge in [0, 0.05) is 16.3 Å². The van der Waals surface area contributed by atoms with Gasteiger partial charge in [-0.2, -0.15) is 0 Å². The Hall–Kier alpha value is -0.340. The standard InChI is InChI=1S/C9H13NS/c1-2-8-5-7-3-4-10-6-9(7)11-8/h5,10H,2-4,6H2,1H3. The van der Waals surface area contributed by atoms with Crippen molar-refractivity contribution in [2.45, 2.75) is 26.3 Å². The minimum atomic E-state index is 1.10. The number of hydrogen-bond acceptors (Lipinski definition) is 2. The van der Waals surface area contributed by atoms with Gasteiger partial charge in [-0.15, -0.1) is 11.3 Å². The summed E-state index contributed by atoms with van der Waals surface area (Å²) in [5.74, 6) is 0. The Morgan fingerprint density at radius 2 is 2.55 bits per heavy atom. The van der Waals surface area contributed by atoms with Crippen LogP contribution in [0.4, 0.5) is 0 Å². The van der Waals surface area contributed by atoms with Crippen molar-refractivity contribution < 1.29 is 0 Å². The topological polar surface area (TPSA) is 12.0 Å². The molecule has 1 aliphatic heterocycles. The summed E-state index contributed by atoms with van der Waals surface area (Å²) >= 11 is 1.97. The fraction of sp³-hybridized carbons (Fsp3) is 0.556. The van der Waals surface area contributed by atoms with E-state index in [4.69, 9.17) is 0 Å². The van der Waals surface area contributed by atoms with Gasteiger partial charge in [0.05, 0.1) is 0 Å². The van der Waals surface area contributed by atoms with Crippen LogP contribution in [0.15, 0.2) is 6.07 Å². The van der Waals surface area contributed by atoms with Crippen LogP contribution in [0.2, 0.25) is 0 Å². The Kier molecular flexibility index (Phi) is 1.96. The van der Waals surface area contributed by atoms with Gasteiger partial charge in [-0.05, 0) is 31.0 Å². The van der Waals surface area contributed by atoms with E-state index in [2.05, 4.69) is 18.3 Å². The summed E-state index contributed by atoms with van der Waals surface area (Å²) in [6.07, 6.45) is 2.42. The Morgan fingerprint density at radius 3 is 3.27 bits per heavy atom. The highest BCUT2D eigenvalue weighted by molar-refractivity contribution is 7.12. The molecule has 0 fully saturated rings. The van der Waals surface area contributed by atoms with E-state index in [0.717, 1.165) is 13.1 Å². The minimum absolute atomic E-state index is 1.10. The first-order chi connectivity index (χ1) is 5.40. The Balaban J connectivity index is 2.32. The molecule has 0 spiro atoms. The maximum absolute atomic E-state index is 3.39. The van der Waals surface area contributed by atoms with Crippen molar-refractivity contribution in [3.63, 3.8) is 0 Å². The third-order valence-corrected chi connectivity index (χ3v) is 3.47. The maximum Gasteiger partial charge on any atom is 0.0302 e. The van der Waals surface area contributed by atoms with Gasteiger partial charge in [0.25, 0.3) is 0 Å². The van der Waals surface area contributed by atoms with Gasteiger partial charge in [-0.1, -0.05) is 6.92 Å². The first kappa shape index (κ1) is 7.32. The second kappa shape index (κ2) is 2.95. The molecule has 2 rings (SSSR count). The zero-order valence-corrected chi connectivity index (χ0v) is 7.63. The van der Waals surface area contributed by atoms with Gasteiger partial charge >= 0.3 is 0 Å². The number of aryl methyl sites for hydroxylation is 1. The SMILES string of the molecule is CCc1cc2c(s1)CNCC2. The number of thiophene rings is 1. The molecule has 2 heterocycles. The lowest BCUT2D eigenvalue weighted by atomic mass is 10.1. The molecule has 0 atom stereocenters. The molecular weight excluding hydrogens is 154 g/mol. The number of fused-ring (bicyclic) bond motifs is 1.